The third kappa shape index (κ3) is 4.94. The summed E-state index contributed by atoms with van der Waals surface area (Å²) in [6, 6.07) is 6.21. The molecule has 1 amide bonds. The smallest absolute Gasteiger partial charge is 0.243 e. The summed E-state index contributed by atoms with van der Waals surface area (Å²) >= 11 is 7.60. The Hall–Kier alpha value is -0.760. The number of benzene rings is 1. The fourth-order valence-corrected chi connectivity index (χ4v) is 6.22. The lowest BCUT2D eigenvalue weighted by atomic mass is 10.0. The summed E-state index contributed by atoms with van der Waals surface area (Å²) in [5.41, 5.74) is 0. The molecular weight excluding hydrogens is 392 g/mol. The Morgan fingerprint density at radius 2 is 1.65 bits per heavy atom. The topological polar surface area (TPSA) is 57.7 Å². The molecule has 1 aromatic rings. The Labute approximate surface area is 165 Å². The summed E-state index contributed by atoms with van der Waals surface area (Å²) in [6.07, 6.45) is 6.28. The van der Waals surface area contributed by atoms with E-state index in [9.17, 15) is 13.2 Å². The normalized spacial score (nSPS) is 20.3. The van der Waals surface area contributed by atoms with E-state index in [1.165, 1.54) is 48.5 Å². The second-order valence-electron chi connectivity index (χ2n) is 6.81. The van der Waals surface area contributed by atoms with Gasteiger partial charge in [0.05, 0.1) is 10.6 Å². The number of halogens is 1. The first-order valence-electron chi connectivity index (χ1n) is 9.12. The van der Waals surface area contributed by atoms with Crippen LogP contribution < -0.4 is 0 Å². The second kappa shape index (κ2) is 8.95. The van der Waals surface area contributed by atoms with Crippen LogP contribution >= 0.6 is 23.4 Å². The van der Waals surface area contributed by atoms with Crippen LogP contribution in [-0.4, -0.2) is 60.7 Å². The van der Waals surface area contributed by atoms with E-state index in [1.807, 2.05) is 0 Å². The van der Waals surface area contributed by atoms with Crippen LogP contribution in [0.4, 0.5) is 0 Å². The molecule has 144 valence electrons. The van der Waals surface area contributed by atoms with Crippen LogP contribution in [0.2, 0.25) is 5.02 Å². The molecule has 0 N–H and O–H groups in total. The predicted octanol–water partition coefficient (Wildman–Crippen LogP) is 3.24. The highest BCUT2D eigenvalue weighted by molar-refractivity contribution is 8.00. The van der Waals surface area contributed by atoms with E-state index in [0.717, 1.165) is 0 Å². The number of hydrogen-bond acceptors (Lipinski definition) is 4. The molecule has 1 saturated heterocycles. The number of nitrogens with zero attached hydrogens (tertiary/aromatic N) is 2. The van der Waals surface area contributed by atoms with Crippen molar-refractivity contribution < 1.29 is 13.2 Å². The minimum absolute atomic E-state index is 0.129. The molecule has 8 heteroatoms. The molecule has 0 spiro atoms. The first kappa shape index (κ1) is 20.0. The summed E-state index contributed by atoms with van der Waals surface area (Å²) < 4.78 is 26.8. The van der Waals surface area contributed by atoms with E-state index in [1.54, 1.807) is 28.8 Å². The first-order valence-corrected chi connectivity index (χ1v) is 12.0. The number of piperazine rings is 1. The van der Waals surface area contributed by atoms with Gasteiger partial charge in [0.15, 0.2) is 0 Å². The zero-order valence-corrected chi connectivity index (χ0v) is 17.2. The van der Waals surface area contributed by atoms with Crippen molar-refractivity contribution in [2.75, 3.05) is 31.9 Å². The van der Waals surface area contributed by atoms with Crippen LogP contribution in [-0.2, 0) is 14.8 Å². The minimum Gasteiger partial charge on any atom is -0.339 e. The average molecular weight is 417 g/mol. The molecule has 1 aliphatic heterocycles. The summed E-state index contributed by atoms with van der Waals surface area (Å²) in [4.78, 5) is 14.5. The number of rotatable bonds is 5. The van der Waals surface area contributed by atoms with E-state index >= 15 is 0 Å². The molecule has 1 aromatic carbocycles. The molecule has 0 unspecified atom stereocenters. The molecular formula is C18H25ClN2O3S2. The van der Waals surface area contributed by atoms with Crippen molar-refractivity contribution in [2.45, 2.75) is 42.2 Å². The van der Waals surface area contributed by atoms with Gasteiger partial charge in [0.1, 0.15) is 0 Å². The van der Waals surface area contributed by atoms with Crippen LogP contribution in [0.5, 0.6) is 0 Å². The van der Waals surface area contributed by atoms with Crippen LogP contribution in [0, 0.1) is 0 Å². The zero-order valence-electron chi connectivity index (χ0n) is 14.8. The highest BCUT2D eigenvalue weighted by Crippen LogP contribution is 2.28. The summed E-state index contributed by atoms with van der Waals surface area (Å²) in [5.74, 6) is 0.637. The molecule has 1 saturated carbocycles. The predicted molar refractivity (Wildman–Crippen MR) is 106 cm³/mol. The quantitative estimate of drug-likeness (QED) is 0.739. The number of sulfonamides is 1. The van der Waals surface area contributed by atoms with E-state index < -0.39 is 10.0 Å². The average Bonchev–Trinajstić information content (AvgIpc) is 2.67. The Balaban J connectivity index is 1.50. The molecule has 0 bridgehead atoms. The van der Waals surface area contributed by atoms with Crippen LogP contribution in [0.3, 0.4) is 0 Å². The Kier molecular flexibility index (Phi) is 6.88. The van der Waals surface area contributed by atoms with Crippen molar-refractivity contribution in [2.24, 2.45) is 0 Å². The fourth-order valence-electron chi connectivity index (χ4n) is 3.45. The van der Waals surface area contributed by atoms with Crippen molar-refractivity contribution in [3.63, 3.8) is 0 Å². The van der Waals surface area contributed by atoms with Gasteiger partial charge in [-0.1, -0.05) is 30.9 Å². The number of thioether (sulfide) groups is 1. The maximum atomic E-state index is 12.7. The van der Waals surface area contributed by atoms with Crippen molar-refractivity contribution in [1.82, 2.24) is 9.21 Å². The van der Waals surface area contributed by atoms with Gasteiger partial charge in [0.2, 0.25) is 15.9 Å². The van der Waals surface area contributed by atoms with Crippen molar-refractivity contribution >= 4 is 39.3 Å². The Bertz CT molecular complexity index is 710. The minimum atomic E-state index is -3.53. The third-order valence-electron chi connectivity index (χ3n) is 5.04. The largest absolute Gasteiger partial charge is 0.339 e. The summed E-state index contributed by atoms with van der Waals surface area (Å²) in [6.45, 7) is 1.59. The molecule has 0 aromatic heterocycles. The molecule has 0 radical (unpaired) electrons. The highest BCUT2D eigenvalue weighted by atomic mass is 35.5. The maximum absolute atomic E-state index is 12.7. The van der Waals surface area contributed by atoms with Crippen LogP contribution in [0.25, 0.3) is 0 Å². The molecule has 3 rings (SSSR count). The first-order chi connectivity index (χ1) is 12.5. The van der Waals surface area contributed by atoms with Gasteiger partial charge >= 0.3 is 0 Å². The van der Waals surface area contributed by atoms with Crippen LogP contribution in [0.1, 0.15) is 32.1 Å². The second-order valence-corrected chi connectivity index (χ2v) is 10.5. The Morgan fingerprint density at radius 1 is 1.04 bits per heavy atom. The van der Waals surface area contributed by atoms with Gasteiger partial charge in [-0.2, -0.15) is 4.31 Å². The van der Waals surface area contributed by atoms with E-state index in [4.69, 9.17) is 11.6 Å². The summed E-state index contributed by atoms with van der Waals surface area (Å²) in [5, 5.41) is 1.12. The van der Waals surface area contributed by atoms with Crippen molar-refractivity contribution in [3.05, 3.63) is 29.3 Å². The molecule has 5 nitrogen and oxygen atoms in total. The molecule has 2 aliphatic rings. The highest BCUT2D eigenvalue weighted by Gasteiger charge is 2.30. The van der Waals surface area contributed by atoms with Gasteiger partial charge in [-0.05, 0) is 37.1 Å². The summed E-state index contributed by atoms with van der Waals surface area (Å²) in [7, 11) is -3.53. The van der Waals surface area contributed by atoms with Gasteiger partial charge in [0, 0.05) is 36.5 Å². The number of carbonyl (C=O) groups is 1. The lowest BCUT2D eigenvalue weighted by Crippen LogP contribution is -2.51. The van der Waals surface area contributed by atoms with E-state index in [0.29, 0.717) is 42.2 Å². The van der Waals surface area contributed by atoms with E-state index in [-0.39, 0.29) is 10.8 Å². The molecule has 1 heterocycles. The van der Waals surface area contributed by atoms with Gasteiger partial charge in [0.25, 0.3) is 0 Å². The fraction of sp³-hybridized carbons (Fsp3) is 0.611. The number of amides is 1. The van der Waals surface area contributed by atoms with Gasteiger partial charge in [-0.25, -0.2) is 8.42 Å². The monoisotopic (exact) mass is 416 g/mol. The Morgan fingerprint density at radius 3 is 2.27 bits per heavy atom. The molecule has 26 heavy (non-hydrogen) atoms. The lowest BCUT2D eigenvalue weighted by molar-refractivity contribution is -0.129. The number of carbonyl (C=O) groups excluding carboxylic acids is 1. The van der Waals surface area contributed by atoms with Crippen molar-refractivity contribution in [3.8, 4) is 0 Å². The van der Waals surface area contributed by atoms with Crippen molar-refractivity contribution in [1.29, 1.82) is 0 Å². The SMILES string of the molecule is O=C(CSC1CCCCC1)N1CCN(S(=O)(=O)c2ccc(Cl)cc2)CC1. The van der Waals surface area contributed by atoms with E-state index in [2.05, 4.69) is 0 Å². The maximum Gasteiger partial charge on any atom is 0.243 e. The molecule has 2 fully saturated rings. The van der Waals surface area contributed by atoms with Gasteiger partial charge < -0.3 is 4.90 Å². The lowest BCUT2D eigenvalue weighted by Gasteiger charge is -2.34. The van der Waals surface area contributed by atoms with Gasteiger partial charge in [-0.3, -0.25) is 4.79 Å². The third-order valence-corrected chi connectivity index (χ3v) is 8.56. The van der Waals surface area contributed by atoms with Crippen LogP contribution in [0.15, 0.2) is 29.2 Å². The molecule has 1 aliphatic carbocycles. The standard InChI is InChI=1S/C18H25ClN2O3S2/c19-15-6-8-17(9-7-15)26(23,24)21-12-10-20(11-13-21)18(22)14-25-16-4-2-1-3-5-16/h6-9,16H,1-5,10-14H2. The number of hydrogen-bond donors (Lipinski definition) is 0. The molecule has 0 atom stereocenters. The zero-order chi connectivity index (χ0) is 18.6. The van der Waals surface area contributed by atoms with Gasteiger partial charge in [-0.15, -0.1) is 11.8 Å².